The largest absolute Gasteiger partial charge is 0.482 e. The van der Waals surface area contributed by atoms with Gasteiger partial charge >= 0.3 is 5.69 Å². The lowest BCUT2D eigenvalue weighted by Crippen LogP contribution is -2.03. The van der Waals surface area contributed by atoms with Crippen LogP contribution in [0.2, 0.25) is 0 Å². The van der Waals surface area contributed by atoms with Crippen molar-refractivity contribution in [3.05, 3.63) is 57.8 Å². The molecule has 2 N–H and O–H groups in total. The second-order valence-electron chi connectivity index (χ2n) is 3.89. The Kier molecular flexibility index (Phi) is 3.77. The van der Waals surface area contributed by atoms with Crippen LogP contribution in [-0.2, 0) is 6.61 Å². The zero-order valence-corrected chi connectivity index (χ0v) is 10.3. The maximum absolute atomic E-state index is 10.9. The average Bonchev–Trinajstić information content (AvgIpc) is 2.46. The van der Waals surface area contributed by atoms with Crippen molar-refractivity contribution in [2.45, 2.75) is 6.61 Å². The van der Waals surface area contributed by atoms with Crippen molar-refractivity contribution in [3.8, 4) is 11.8 Å². The van der Waals surface area contributed by atoms with Crippen LogP contribution in [0.25, 0.3) is 0 Å². The molecule has 0 fully saturated rings. The Morgan fingerprint density at radius 1 is 1.45 bits per heavy atom. The minimum Gasteiger partial charge on any atom is -0.482 e. The fraction of sp³-hybridized carbons (Fsp3) is 0.0769. The van der Waals surface area contributed by atoms with Crippen LogP contribution in [0.3, 0.4) is 0 Å². The number of aromatic nitrogens is 1. The smallest absolute Gasteiger partial charge is 0.312 e. The molecule has 0 saturated heterocycles. The van der Waals surface area contributed by atoms with Crippen LogP contribution in [0.15, 0.2) is 36.5 Å². The number of rotatable bonds is 4. The van der Waals surface area contributed by atoms with Crippen molar-refractivity contribution in [3.63, 3.8) is 0 Å². The molecular formula is C13H10N4O3. The molecule has 1 aromatic carbocycles. The predicted octanol–water partition coefficient (Wildman–Crippen LogP) is 2.02. The van der Waals surface area contributed by atoms with Crippen LogP contribution in [0.4, 0.5) is 11.5 Å². The van der Waals surface area contributed by atoms with Gasteiger partial charge in [0.1, 0.15) is 12.4 Å². The number of pyridine rings is 1. The number of anilines is 1. The van der Waals surface area contributed by atoms with Gasteiger partial charge in [0, 0.05) is 17.8 Å². The normalized spacial score (nSPS) is 9.75. The number of nitrogens with two attached hydrogens (primary N) is 1. The number of nitro benzene ring substituents is 1. The second kappa shape index (κ2) is 5.67. The summed E-state index contributed by atoms with van der Waals surface area (Å²) in [4.78, 5) is 14.2. The van der Waals surface area contributed by atoms with Crippen molar-refractivity contribution in [1.82, 2.24) is 4.98 Å². The van der Waals surface area contributed by atoms with E-state index in [1.807, 2.05) is 6.07 Å². The highest BCUT2D eigenvalue weighted by atomic mass is 16.6. The lowest BCUT2D eigenvalue weighted by molar-refractivity contribution is -0.386. The minimum atomic E-state index is -0.594. The Balaban J connectivity index is 2.24. The molecular weight excluding hydrogens is 260 g/mol. The number of nitriles is 1. The van der Waals surface area contributed by atoms with E-state index in [2.05, 4.69) is 4.98 Å². The van der Waals surface area contributed by atoms with Crippen LogP contribution in [0, 0.1) is 21.4 Å². The highest BCUT2D eigenvalue weighted by molar-refractivity contribution is 5.52. The Labute approximate surface area is 114 Å². The number of benzene rings is 1. The molecule has 20 heavy (non-hydrogen) atoms. The van der Waals surface area contributed by atoms with Gasteiger partial charge in [-0.1, -0.05) is 6.07 Å². The van der Waals surface area contributed by atoms with Crippen LogP contribution in [0.5, 0.6) is 5.75 Å². The molecule has 7 heteroatoms. The first-order chi connectivity index (χ1) is 9.61. The number of hydrogen-bond donors (Lipinski definition) is 1. The third-order valence-corrected chi connectivity index (χ3v) is 2.59. The van der Waals surface area contributed by atoms with E-state index in [0.29, 0.717) is 11.4 Å². The second-order valence-corrected chi connectivity index (χ2v) is 3.89. The molecule has 7 nitrogen and oxygen atoms in total. The van der Waals surface area contributed by atoms with Crippen molar-refractivity contribution in [2.24, 2.45) is 0 Å². The first kappa shape index (κ1) is 13.3. The monoisotopic (exact) mass is 270 g/mol. The summed E-state index contributed by atoms with van der Waals surface area (Å²) in [7, 11) is 0. The Morgan fingerprint density at radius 3 is 2.90 bits per heavy atom. The quantitative estimate of drug-likeness (QED) is 0.671. The molecule has 0 unspecified atom stereocenters. The third-order valence-electron chi connectivity index (χ3n) is 2.59. The first-order valence-corrected chi connectivity index (χ1v) is 5.62. The third kappa shape index (κ3) is 2.81. The van der Waals surface area contributed by atoms with Crippen LogP contribution in [-0.4, -0.2) is 9.91 Å². The molecule has 0 aliphatic rings. The summed E-state index contributed by atoms with van der Waals surface area (Å²) in [6, 6.07) is 9.27. The number of nitro groups is 1. The summed E-state index contributed by atoms with van der Waals surface area (Å²) in [6.45, 7) is 0.0619. The molecule has 2 rings (SSSR count). The van der Waals surface area contributed by atoms with E-state index in [1.165, 1.54) is 18.2 Å². The maximum atomic E-state index is 10.9. The lowest BCUT2D eigenvalue weighted by atomic mass is 10.2. The van der Waals surface area contributed by atoms with Crippen molar-refractivity contribution < 1.29 is 9.66 Å². The Bertz CT molecular complexity index is 694. The Hall–Kier alpha value is -3.14. The lowest BCUT2D eigenvalue weighted by Gasteiger charge is -2.08. The predicted molar refractivity (Wildman–Crippen MR) is 70.8 cm³/mol. The minimum absolute atomic E-state index is 0.0619. The highest BCUT2D eigenvalue weighted by Crippen LogP contribution is 2.28. The van der Waals surface area contributed by atoms with Gasteiger partial charge in [-0.15, -0.1) is 0 Å². The van der Waals surface area contributed by atoms with Crippen LogP contribution < -0.4 is 10.5 Å². The van der Waals surface area contributed by atoms with Crippen molar-refractivity contribution in [2.75, 3.05) is 5.73 Å². The molecule has 2 aromatic rings. The van der Waals surface area contributed by atoms with Gasteiger partial charge in [-0.2, -0.15) is 5.26 Å². The van der Waals surface area contributed by atoms with E-state index in [-0.39, 0.29) is 23.6 Å². The van der Waals surface area contributed by atoms with Gasteiger partial charge in [0.15, 0.2) is 5.75 Å². The zero-order valence-electron chi connectivity index (χ0n) is 10.3. The first-order valence-electron chi connectivity index (χ1n) is 5.62. The topological polar surface area (TPSA) is 115 Å². The number of nitrogen functional groups attached to an aromatic ring is 1. The molecule has 1 heterocycles. The molecule has 0 spiro atoms. The molecule has 0 radical (unpaired) electrons. The molecule has 0 aliphatic heterocycles. The van der Waals surface area contributed by atoms with Crippen molar-refractivity contribution >= 4 is 11.5 Å². The molecule has 0 aliphatic carbocycles. The van der Waals surface area contributed by atoms with Gasteiger partial charge in [0.25, 0.3) is 0 Å². The standard InChI is InChI=1S/C13H10N4O3/c14-7-9-3-4-12(11(6-9)17(18)19)20-8-10-2-1-5-16-13(10)15/h1-6H,8H2,(H2,15,16). The van der Waals surface area contributed by atoms with Gasteiger partial charge < -0.3 is 10.5 Å². The summed E-state index contributed by atoms with van der Waals surface area (Å²) in [5.41, 5.74) is 6.23. The molecule has 1 aromatic heterocycles. The molecule has 0 amide bonds. The summed E-state index contributed by atoms with van der Waals surface area (Å²) in [6.07, 6.45) is 1.54. The highest BCUT2D eigenvalue weighted by Gasteiger charge is 2.16. The van der Waals surface area contributed by atoms with E-state index in [0.717, 1.165) is 0 Å². The van der Waals surface area contributed by atoms with E-state index < -0.39 is 4.92 Å². The zero-order chi connectivity index (χ0) is 14.5. The molecule has 0 bridgehead atoms. The molecule has 100 valence electrons. The fourth-order valence-corrected chi connectivity index (χ4v) is 1.58. The maximum Gasteiger partial charge on any atom is 0.312 e. The Morgan fingerprint density at radius 2 is 2.25 bits per heavy atom. The van der Waals surface area contributed by atoms with Gasteiger partial charge in [-0.25, -0.2) is 4.98 Å². The number of hydrogen-bond acceptors (Lipinski definition) is 6. The average molecular weight is 270 g/mol. The summed E-state index contributed by atoms with van der Waals surface area (Å²) in [5, 5.41) is 19.7. The summed E-state index contributed by atoms with van der Waals surface area (Å²) in [5.74, 6) is 0.390. The van der Waals surface area contributed by atoms with Gasteiger partial charge in [-0.05, 0) is 18.2 Å². The van der Waals surface area contributed by atoms with E-state index >= 15 is 0 Å². The SMILES string of the molecule is N#Cc1ccc(OCc2cccnc2N)c([N+](=O)[O-])c1. The number of nitrogens with zero attached hydrogens (tertiary/aromatic N) is 3. The van der Waals surface area contributed by atoms with Crippen molar-refractivity contribution in [1.29, 1.82) is 5.26 Å². The van der Waals surface area contributed by atoms with Gasteiger partial charge in [0.2, 0.25) is 0 Å². The van der Waals surface area contributed by atoms with Gasteiger partial charge in [0.05, 0.1) is 16.6 Å². The van der Waals surface area contributed by atoms with Crippen LogP contribution in [0.1, 0.15) is 11.1 Å². The summed E-state index contributed by atoms with van der Waals surface area (Å²) >= 11 is 0. The summed E-state index contributed by atoms with van der Waals surface area (Å²) < 4.78 is 5.39. The van der Waals surface area contributed by atoms with Crippen LogP contribution >= 0.6 is 0 Å². The fourth-order valence-electron chi connectivity index (χ4n) is 1.58. The van der Waals surface area contributed by atoms with Gasteiger partial charge in [-0.3, -0.25) is 10.1 Å². The van der Waals surface area contributed by atoms with E-state index in [4.69, 9.17) is 15.7 Å². The molecule has 0 saturated carbocycles. The van der Waals surface area contributed by atoms with E-state index in [1.54, 1.807) is 18.3 Å². The number of ether oxygens (including phenoxy) is 1. The van der Waals surface area contributed by atoms with E-state index in [9.17, 15) is 10.1 Å². The molecule has 0 atom stereocenters.